The molecule has 0 amide bonds. The Morgan fingerprint density at radius 3 is 2.71 bits per heavy atom. The molecule has 1 aliphatic heterocycles. The third-order valence-electron chi connectivity index (χ3n) is 5.72. The van der Waals surface area contributed by atoms with E-state index in [1.807, 2.05) is 6.07 Å². The molecule has 1 saturated heterocycles. The van der Waals surface area contributed by atoms with Crippen LogP contribution in [0.4, 0.5) is 13.2 Å². The second-order valence-corrected chi connectivity index (χ2v) is 7.73. The number of H-pyrrole nitrogens is 2. The SMILES string of the molecule is O=C(c1c[nH]c(-c2nc3ccc([C@@H]4CCNC4)cc3[nH]2)c1)c1ccccc1C(F)(F)F. The van der Waals surface area contributed by atoms with Crippen LogP contribution in [-0.2, 0) is 6.18 Å². The number of aromatic amines is 2. The van der Waals surface area contributed by atoms with Gasteiger partial charge in [0.25, 0.3) is 0 Å². The van der Waals surface area contributed by atoms with Crippen molar-refractivity contribution in [2.24, 2.45) is 0 Å². The number of hydrogen-bond donors (Lipinski definition) is 3. The summed E-state index contributed by atoms with van der Waals surface area (Å²) in [6, 6.07) is 12.4. The Labute approximate surface area is 175 Å². The molecule has 1 atom stereocenters. The number of imidazole rings is 1. The molecular weight excluding hydrogens is 405 g/mol. The van der Waals surface area contributed by atoms with Crippen molar-refractivity contribution in [1.82, 2.24) is 20.3 Å². The Morgan fingerprint density at radius 2 is 1.94 bits per heavy atom. The summed E-state index contributed by atoms with van der Waals surface area (Å²) in [6.45, 7) is 1.96. The number of halogens is 3. The minimum absolute atomic E-state index is 0.143. The molecule has 0 aliphatic carbocycles. The highest BCUT2D eigenvalue weighted by atomic mass is 19.4. The molecule has 0 radical (unpaired) electrons. The number of carbonyl (C=O) groups excluding carboxylic acids is 1. The van der Waals surface area contributed by atoms with Gasteiger partial charge in [-0.05, 0) is 48.7 Å². The zero-order chi connectivity index (χ0) is 21.6. The summed E-state index contributed by atoms with van der Waals surface area (Å²) in [5, 5.41) is 3.36. The topological polar surface area (TPSA) is 73.6 Å². The maximum absolute atomic E-state index is 13.3. The number of fused-ring (bicyclic) bond motifs is 1. The first-order valence-corrected chi connectivity index (χ1v) is 10.0. The Balaban J connectivity index is 1.46. The van der Waals surface area contributed by atoms with E-state index in [9.17, 15) is 18.0 Å². The van der Waals surface area contributed by atoms with Crippen LogP contribution in [0.3, 0.4) is 0 Å². The van der Waals surface area contributed by atoms with Crippen molar-refractivity contribution in [2.75, 3.05) is 13.1 Å². The highest BCUT2D eigenvalue weighted by Gasteiger charge is 2.35. The average Bonchev–Trinajstić information content (AvgIpc) is 3.52. The van der Waals surface area contributed by atoms with Crippen LogP contribution in [0.25, 0.3) is 22.6 Å². The first kappa shape index (κ1) is 19.6. The van der Waals surface area contributed by atoms with Crippen molar-refractivity contribution in [1.29, 1.82) is 0 Å². The van der Waals surface area contributed by atoms with E-state index in [2.05, 4.69) is 32.4 Å². The molecule has 1 fully saturated rings. The molecule has 2 aromatic carbocycles. The molecule has 0 bridgehead atoms. The first-order valence-electron chi connectivity index (χ1n) is 10.0. The first-order chi connectivity index (χ1) is 14.9. The minimum atomic E-state index is -4.60. The van der Waals surface area contributed by atoms with Crippen LogP contribution < -0.4 is 5.32 Å². The summed E-state index contributed by atoms with van der Waals surface area (Å²) < 4.78 is 39.8. The monoisotopic (exact) mass is 424 g/mol. The lowest BCUT2D eigenvalue weighted by Crippen LogP contribution is -2.13. The average molecular weight is 424 g/mol. The number of nitrogens with one attached hydrogen (secondary N) is 3. The molecule has 0 saturated carbocycles. The smallest absolute Gasteiger partial charge is 0.358 e. The zero-order valence-corrected chi connectivity index (χ0v) is 16.4. The van der Waals surface area contributed by atoms with Gasteiger partial charge in [-0.3, -0.25) is 4.79 Å². The molecule has 2 aromatic heterocycles. The summed E-state index contributed by atoms with van der Waals surface area (Å²) in [4.78, 5) is 23.5. The number of ketones is 1. The van der Waals surface area contributed by atoms with E-state index in [0.717, 1.165) is 36.6 Å². The molecule has 158 valence electrons. The van der Waals surface area contributed by atoms with Gasteiger partial charge < -0.3 is 15.3 Å². The number of nitrogens with zero attached hydrogens (tertiary/aromatic N) is 1. The van der Waals surface area contributed by atoms with Crippen molar-refractivity contribution >= 4 is 16.8 Å². The van der Waals surface area contributed by atoms with E-state index in [4.69, 9.17) is 0 Å². The summed E-state index contributed by atoms with van der Waals surface area (Å²) in [5.74, 6) is 0.307. The van der Waals surface area contributed by atoms with Crippen LogP contribution in [0.15, 0.2) is 54.7 Å². The van der Waals surface area contributed by atoms with Gasteiger partial charge in [-0.25, -0.2) is 4.98 Å². The standard InChI is InChI=1S/C23H19F3N4O/c24-23(25,26)17-4-2-1-3-16(17)21(31)15-10-20(28-12-15)22-29-18-6-5-13(9-19(18)30-22)14-7-8-27-11-14/h1-6,9-10,12,14,27-28H,7-8,11H2,(H,29,30)/t14-/m1/s1. The van der Waals surface area contributed by atoms with Gasteiger partial charge in [0.2, 0.25) is 0 Å². The Morgan fingerprint density at radius 1 is 1.10 bits per heavy atom. The third kappa shape index (κ3) is 3.63. The zero-order valence-electron chi connectivity index (χ0n) is 16.4. The van der Waals surface area contributed by atoms with E-state index >= 15 is 0 Å². The van der Waals surface area contributed by atoms with Crippen LogP contribution in [0.5, 0.6) is 0 Å². The summed E-state index contributed by atoms with van der Waals surface area (Å²) in [5.41, 5.74) is 2.26. The molecule has 31 heavy (non-hydrogen) atoms. The minimum Gasteiger partial charge on any atom is -0.358 e. The summed E-state index contributed by atoms with van der Waals surface area (Å²) in [7, 11) is 0. The molecule has 1 aliphatic rings. The molecule has 0 unspecified atom stereocenters. The molecule has 8 heteroatoms. The van der Waals surface area contributed by atoms with Crippen LogP contribution in [0.1, 0.15) is 39.4 Å². The van der Waals surface area contributed by atoms with Crippen LogP contribution >= 0.6 is 0 Å². The lowest BCUT2D eigenvalue weighted by atomic mass is 9.98. The lowest BCUT2D eigenvalue weighted by molar-refractivity contribution is -0.137. The predicted octanol–water partition coefficient (Wildman–Crippen LogP) is 4.88. The Bertz CT molecular complexity index is 1270. The fourth-order valence-corrected chi connectivity index (χ4v) is 4.09. The fraction of sp³-hybridized carbons (Fsp3) is 0.217. The second kappa shape index (κ2) is 7.39. The number of alkyl halides is 3. The maximum atomic E-state index is 13.3. The summed E-state index contributed by atoms with van der Waals surface area (Å²) in [6.07, 6.45) is -2.10. The van der Waals surface area contributed by atoms with Crippen molar-refractivity contribution in [3.05, 3.63) is 77.0 Å². The van der Waals surface area contributed by atoms with Crippen molar-refractivity contribution in [2.45, 2.75) is 18.5 Å². The van der Waals surface area contributed by atoms with E-state index < -0.39 is 17.5 Å². The number of carbonyl (C=O) groups is 1. The summed E-state index contributed by atoms with van der Waals surface area (Å²) >= 11 is 0. The molecule has 0 spiro atoms. The number of aromatic nitrogens is 3. The van der Waals surface area contributed by atoms with E-state index in [0.29, 0.717) is 17.4 Å². The second-order valence-electron chi connectivity index (χ2n) is 7.73. The molecule has 5 rings (SSSR count). The Hall–Kier alpha value is -3.39. The van der Waals surface area contributed by atoms with Gasteiger partial charge in [0.05, 0.1) is 22.3 Å². The van der Waals surface area contributed by atoms with Crippen molar-refractivity contribution in [3.8, 4) is 11.5 Å². The Kier molecular flexibility index (Phi) is 4.66. The lowest BCUT2D eigenvalue weighted by Gasteiger charge is -2.10. The maximum Gasteiger partial charge on any atom is 0.417 e. The molecule has 4 aromatic rings. The van der Waals surface area contributed by atoms with Gasteiger partial charge in [0, 0.05) is 23.9 Å². The normalized spacial score (nSPS) is 16.8. The molecule has 3 heterocycles. The van der Waals surface area contributed by atoms with Crippen LogP contribution in [0.2, 0.25) is 0 Å². The van der Waals surface area contributed by atoms with Gasteiger partial charge in [-0.1, -0.05) is 24.3 Å². The number of rotatable bonds is 4. The quantitative estimate of drug-likeness (QED) is 0.409. The van der Waals surface area contributed by atoms with Crippen molar-refractivity contribution in [3.63, 3.8) is 0 Å². The highest BCUT2D eigenvalue weighted by Crippen LogP contribution is 2.33. The van der Waals surface area contributed by atoms with Gasteiger partial charge in [-0.15, -0.1) is 0 Å². The van der Waals surface area contributed by atoms with Crippen LogP contribution in [0, 0.1) is 0 Å². The van der Waals surface area contributed by atoms with E-state index in [1.165, 1.54) is 36.0 Å². The third-order valence-corrected chi connectivity index (χ3v) is 5.72. The van der Waals surface area contributed by atoms with Gasteiger partial charge in [0.15, 0.2) is 11.6 Å². The largest absolute Gasteiger partial charge is 0.417 e. The molecular formula is C23H19F3N4O. The molecule has 5 nitrogen and oxygen atoms in total. The van der Waals surface area contributed by atoms with Gasteiger partial charge >= 0.3 is 6.18 Å². The van der Waals surface area contributed by atoms with E-state index in [-0.39, 0.29) is 11.1 Å². The predicted molar refractivity (Wildman–Crippen MR) is 111 cm³/mol. The number of benzene rings is 2. The fourth-order valence-electron chi connectivity index (χ4n) is 4.09. The van der Waals surface area contributed by atoms with E-state index in [1.54, 1.807) is 0 Å². The van der Waals surface area contributed by atoms with Gasteiger partial charge in [0.1, 0.15) is 0 Å². The van der Waals surface area contributed by atoms with Crippen molar-refractivity contribution < 1.29 is 18.0 Å². The van der Waals surface area contributed by atoms with Crippen LogP contribution in [-0.4, -0.2) is 33.8 Å². The highest BCUT2D eigenvalue weighted by molar-refractivity contribution is 6.10. The van der Waals surface area contributed by atoms with Gasteiger partial charge in [-0.2, -0.15) is 13.2 Å². The molecule has 3 N–H and O–H groups in total. The number of hydrogen-bond acceptors (Lipinski definition) is 3.